The Labute approximate surface area is 198 Å². The molecule has 9 heteroatoms. The van der Waals surface area contributed by atoms with Crippen molar-refractivity contribution >= 4 is 28.6 Å². The van der Waals surface area contributed by atoms with Crippen LogP contribution in [0.15, 0.2) is 83.0 Å². The number of hydrogen-bond donors (Lipinski definition) is 1. The van der Waals surface area contributed by atoms with Gasteiger partial charge in [-0.3, -0.25) is 4.90 Å². The van der Waals surface area contributed by atoms with Gasteiger partial charge in [-0.15, -0.1) is 0 Å². The Bertz CT molecular complexity index is 1400. The molecule has 5 rings (SSSR count). The van der Waals surface area contributed by atoms with Crippen LogP contribution < -0.4 is 10.2 Å². The van der Waals surface area contributed by atoms with E-state index in [-0.39, 0.29) is 23.3 Å². The first-order valence-corrected chi connectivity index (χ1v) is 10.7. The van der Waals surface area contributed by atoms with Gasteiger partial charge in [-0.1, -0.05) is 17.3 Å². The van der Waals surface area contributed by atoms with Gasteiger partial charge in [0.15, 0.2) is 5.11 Å². The number of thiocarbonyl (C=S) groups is 1. The Morgan fingerprint density at radius 3 is 2.26 bits per heavy atom. The second-order valence-corrected chi connectivity index (χ2v) is 8.07. The molecular weight excluding hydrogens is 461 g/mol. The maximum Gasteiger partial charge on any atom is 0.258 e. The highest BCUT2D eigenvalue weighted by Crippen LogP contribution is 2.39. The summed E-state index contributed by atoms with van der Waals surface area (Å²) in [5.74, 6) is -0.694. The van der Waals surface area contributed by atoms with Gasteiger partial charge in [0.05, 0.1) is 11.6 Å². The third-order valence-electron chi connectivity index (χ3n) is 5.51. The van der Waals surface area contributed by atoms with E-state index in [1.165, 1.54) is 36.4 Å². The average molecular weight is 478 g/mol. The SMILES string of the molecule is CC1=C(c2nc(-c3ccc(F)cc3)no2)C(c2cccc(F)c2)NC(=S)N1c1ccc(F)cc1. The van der Waals surface area contributed by atoms with E-state index in [0.29, 0.717) is 33.2 Å². The smallest absolute Gasteiger partial charge is 0.258 e. The van der Waals surface area contributed by atoms with Crippen LogP contribution in [0.1, 0.15) is 24.4 Å². The molecule has 0 bridgehead atoms. The summed E-state index contributed by atoms with van der Waals surface area (Å²) in [6, 6.07) is 17.1. The minimum absolute atomic E-state index is 0.188. The highest BCUT2D eigenvalue weighted by molar-refractivity contribution is 7.80. The van der Waals surface area contributed by atoms with Crippen LogP contribution in [0.3, 0.4) is 0 Å². The molecule has 0 radical (unpaired) electrons. The Kier molecular flexibility index (Phi) is 5.62. The van der Waals surface area contributed by atoms with Gasteiger partial charge in [-0.25, -0.2) is 13.2 Å². The Morgan fingerprint density at radius 2 is 1.59 bits per heavy atom. The maximum absolute atomic E-state index is 14.1. The second-order valence-electron chi connectivity index (χ2n) is 7.68. The molecule has 1 N–H and O–H groups in total. The van der Waals surface area contributed by atoms with Gasteiger partial charge < -0.3 is 9.84 Å². The van der Waals surface area contributed by atoms with Gasteiger partial charge in [0.2, 0.25) is 5.82 Å². The van der Waals surface area contributed by atoms with Crippen LogP contribution >= 0.6 is 12.2 Å². The van der Waals surface area contributed by atoms with E-state index in [4.69, 9.17) is 16.7 Å². The van der Waals surface area contributed by atoms with Crippen molar-refractivity contribution in [3.8, 4) is 11.4 Å². The van der Waals surface area contributed by atoms with Gasteiger partial charge in [0.25, 0.3) is 5.89 Å². The molecule has 34 heavy (non-hydrogen) atoms. The zero-order valence-corrected chi connectivity index (χ0v) is 18.6. The third kappa shape index (κ3) is 4.06. The normalized spacial score (nSPS) is 16.1. The molecule has 0 aliphatic carbocycles. The largest absolute Gasteiger partial charge is 0.351 e. The molecule has 3 aromatic carbocycles. The van der Waals surface area contributed by atoms with Crippen LogP contribution in [0.5, 0.6) is 0 Å². The number of aromatic nitrogens is 2. The van der Waals surface area contributed by atoms with E-state index in [9.17, 15) is 13.2 Å². The highest BCUT2D eigenvalue weighted by Gasteiger charge is 2.35. The molecule has 0 fully saturated rings. The molecule has 0 saturated heterocycles. The van der Waals surface area contributed by atoms with Crippen molar-refractivity contribution < 1.29 is 17.7 Å². The zero-order valence-electron chi connectivity index (χ0n) is 17.8. The summed E-state index contributed by atoms with van der Waals surface area (Å²) in [5.41, 5.74) is 3.04. The quantitative estimate of drug-likeness (QED) is 0.362. The fourth-order valence-corrected chi connectivity index (χ4v) is 4.27. The van der Waals surface area contributed by atoms with Crippen LogP contribution in [-0.2, 0) is 0 Å². The van der Waals surface area contributed by atoms with Crippen LogP contribution in [0.4, 0.5) is 18.9 Å². The van der Waals surface area contributed by atoms with E-state index >= 15 is 0 Å². The molecule has 170 valence electrons. The number of rotatable bonds is 4. The minimum atomic E-state index is -0.582. The molecule has 1 aliphatic heterocycles. The first-order chi connectivity index (χ1) is 16.4. The molecule has 0 spiro atoms. The van der Waals surface area contributed by atoms with Crippen molar-refractivity contribution in [1.29, 1.82) is 0 Å². The van der Waals surface area contributed by atoms with Gasteiger partial charge in [-0.2, -0.15) is 4.98 Å². The summed E-state index contributed by atoms with van der Waals surface area (Å²) in [4.78, 5) is 6.25. The molecule has 1 aliphatic rings. The van der Waals surface area contributed by atoms with Gasteiger partial charge in [-0.05, 0) is 85.4 Å². The third-order valence-corrected chi connectivity index (χ3v) is 5.81. The molecule has 1 atom stereocenters. The Morgan fingerprint density at radius 1 is 0.912 bits per heavy atom. The Hall–Kier alpha value is -3.98. The van der Waals surface area contributed by atoms with E-state index in [2.05, 4.69) is 15.5 Å². The second kappa shape index (κ2) is 8.75. The summed E-state index contributed by atoms with van der Waals surface area (Å²) in [7, 11) is 0. The summed E-state index contributed by atoms with van der Waals surface area (Å²) >= 11 is 5.62. The molecule has 4 aromatic rings. The van der Waals surface area contributed by atoms with Gasteiger partial charge >= 0.3 is 0 Å². The molecule has 0 amide bonds. The maximum atomic E-state index is 14.1. The predicted octanol–water partition coefficient (Wildman–Crippen LogP) is 6.02. The molecule has 5 nitrogen and oxygen atoms in total. The number of hydrogen-bond acceptors (Lipinski definition) is 4. The van der Waals surface area contributed by atoms with Crippen molar-refractivity contribution in [3.63, 3.8) is 0 Å². The van der Waals surface area contributed by atoms with Crippen molar-refractivity contribution in [2.24, 2.45) is 0 Å². The summed E-state index contributed by atoms with van der Waals surface area (Å²) in [5, 5.41) is 7.62. The molecule has 2 heterocycles. The monoisotopic (exact) mass is 478 g/mol. The van der Waals surface area contributed by atoms with Crippen LogP contribution in [0, 0.1) is 17.5 Å². The number of halogens is 3. The first-order valence-electron chi connectivity index (χ1n) is 10.3. The summed E-state index contributed by atoms with van der Waals surface area (Å²) < 4.78 is 46.5. The van der Waals surface area contributed by atoms with Gasteiger partial charge in [0.1, 0.15) is 17.5 Å². The minimum Gasteiger partial charge on any atom is -0.351 e. The van der Waals surface area contributed by atoms with E-state index in [1.54, 1.807) is 41.3 Å². The standard InChI is InChI=1S/C25H17F3N4OS/c1-14-21(24-30-23(31-33-24)15-5-7-17(26)8-6-15)22(16-3-2-4-19(28)13-16)29-25(34)32(14)20-11-9-18(27)10-12-20/h2-13,22H,1H3,(H,29,34). The lowest BCUT2D eigenvalue weighted by atomic mass is 9.94. The van der Waals surface area contributed by atoms with Crippen LogP contribution in [-0.4, -0.2) is 15.3 Å². The highest BCUT2D eigenvalue weighted by atomic mass is 32.1. The van der Waals surface area contributed by atoms with Crippen molar-refractivity contribution in [1.82, 2.24) is 15.5 Å². The lowest BCUT2D eigenvalue weighted by Crippen LogP contribution is -2.46. The summed E-state index contributed by atoms with van der Waals surface area (Å²) in [6.07, 6.45) is 0. The average Bonchev–Trinajstić information content (AvgIpc) is 3.30. The topological polar surface area (TPSA) is 54.2 Å². The number of nitrogens with zero attached hydrogens (tertiary/aromatic N) is 3. The molecular formula is C25H17F3N4OS. The molecule has 0 saturated carbocycles. The van der Waals surface area contributed by atoms with E-state index in [1.807, 2.05) is 6.92 Å². The first kappa shape index (κ1) is 21.8. The van der Waals surface area contributed by atoms with Crippen LogP contribution in [0.25, 0.3) is 17.0 Å². The number of allylic oxidation sites excluding steroid dienone is 1. The number of anilines is 1. The van der Waals surface area contributed by atoms with Crippen molar-refractivity contribution in [3.05, 3.63) is 107 Å². The number of nitrogens with one attached hydrogen (secondary N) is 1. The summed E-state index contributed by atoms with van der Waals surface area (Å²) in [6.45, 7) is 1.82. The molecule has 1 unspecified atom stereocenters. The van der Waals surface area contributed by atoms with Crippen LogP contribution in [0.2, 0.25) is 0 Å². The van der Waals surface area contributed by atoms with E-state index < -0.39 is 11.9 Å². The van der Waals surface area contributed by atoms with Crippen molar-refractivity contribution in [2.45, 2.75) is 13.0 Å². The predicted molar refractivity (Wildman–Crippen MR) is 126 cm³/mol. The van der Waals surface area contributed by atoms with Crippen molar-refractivity contribution in [2.75, 3.05) is 4.90 Å². The number of benzene rings is 3. The Balaban J connectivity index is 1.65. The molecule has 1 aromatic heterocycles. The lowest BCUT2D eigenvalue weighted by molar-refractivity contribution is 0.404. The fraction of sp³-hybridized carbons (Fsp3) is 0.0800. The van der Waals surface area contributed by atoms with E-state index in [0.717, 1.165) is 0 Å². The lowest BCUT2D eigenvalue weighted by Gasteiger charge is -2.37. The van der Waals surface area contributed by atoms with Gasteiger partial charge in [0, 0.05) is 16.9 Å². The zero-order chi connectivity index (χ0) is 23.8. The fourth-order valence-electron chi connectivity index (χ4n) is 3.91.